The van der Waals surface area contributed by atoms with Gasteiger partial charge in [0.1, 0.15) is 5.56 Å². The number of halogens is 1. The first-order valence-corrected chi connectivity index (χ1v) is 4.98. The average molecular weight is 192 g/mol. The van der Waals surface area contributed by atoms with Gasteiger partial charge in [0.2, 0.25) is 0 Å². The van der Waals surface area contributed by atoms with Gasteiger partial charge >= 0.3 is 0 Å². The second kappa shape index (κ2) is 7.56. The Balaban J connectivity index is 3.60. The Kier molecular flexibility index (Phi) is 7.51. The van der Waals surface area contributed by atoms with E-state index >= 15 is 0 Å². The summed E-state index contributed by atoms with van der Waals surface area (Å²) >= 11 is 5.35. The Labute approximate surface area is 79.7 Å². The van der Waals surface area contributed by atoms with E-state index in [1.165, 1.54) is 0 Å². The highest BCUT2D eigenvalue weighted by atomic mass is 35.5. The van der Waals surface area contributed by atoms with Gasteiger partial charge in [-0.2, -0.15) is 0 Å². The van der Waals surface area contributed by atoms with Crippen LogP contribution in [0.5, 0.6) is 0 Å². The molecule has 0 aliphatic rings. The molecular formula is C9H18ClNO. The van der Waals surface area contributed by atoms with Gasteiger partial charge in [-0.15, -0.1) is 0 Å². The summed E-state index contributed by atoms with van der Waals surface area (Å²) in [5, 5.41) is 8.74. The summed E-state index contributed by atoms with van der Waals surface area (Å²) in [5.41, 5.74) is -0.784. The van der Waals surface area contributed by atoms with Gasteiger partial charge in [0, 0.05) is 18.7 Å². The van der Waals surface area contributed by atoms with Gasteiger partial charge in [-0.05, 0) is 12.8 Å². The van der Waals surface area contributed by atoms with Gasteiger partial charge in [0.25, 0.3) is 0 Å². The van der Waals surface area contributed by atoms with E-state index in [0.29, 0.717) is 12.5 Å². The minimum absolute atomic E-state index is 0.408. The number of hydrogen-bond acceptors (Lipinski definition) is 2. The molecule has 1 unspecified atom stereocenters. The number of aliphatic hydroxyl groups is 1. The molecule has 0 bridgehead atoms. The standard InChI is InChI=1S/C9H18ClNO/c1-3-5-8(4-2)11-7-6-9(10)12/h7-9,12H,3-6H2,1-2H3/b11-7-/t8-,9?/m1/s1. The van der Waals surface area contributed by atoms with Crippen LogP contribution in [0, 0.1) is 0 Å². The predicted molar refractivity (Wildman–Crippen MR) is 54.0 cm³/mol. The smallest absolute Gasteiger partial charge is 0.132 e. The van der Waals surface area contributed by atoms with E-state index < -0.39 is 5.56 Å². The van der Waals surface area contributed by atoms with Gasteiger partial charge in [-0.1, -0.05) is 31.9 Å². The van der Waals surface area contributed by atoms with Crippen LogP contribution in [-0.4, -0.2) is 22.9 Å². The molecule has 0 amide bonds. The SMILES string of the molecule is CCC[C@@H](CC)/N=C\CC(O)Cl. The molecule has 0 heterocycles. The number of aliphatic imine (C=N–C) groups is 1. The molecule has 12 heavy (non-hydrogen) atoms. The highest BCUT2D eigenvalue weighted by molar-refractivity contribution is 6.20. The summed E-state index contributed by atoms with van der Waals surface area (Å²) in [4.78, 5) is 4.30. The first-order chi connectivity index (χ1) is 5.70. The third-order valence-corrected chi connectivity index (χ3v) is 1.89. The topological polar surface area (TPSA) is 32.6 Å². The quantitative estimate of drug-likeness (QED) is 0.508. The number of hydrogen-bond donors (Lipinski definition) is 1. The first-order valence-electron chi connectivity index (χ1n) is 4.54. The van der Waals surface area contributed by atoms with Gasteiger partial charge < -0.3 is 5.11 Å². The van der Waals surface area contributed by atoms with Gasteiger partial charge in [0.05, 0.1) is 0 Å². The van der Waals surface area contributed by atoms with Crippen molar-refractivity contribution in [3.63, 3.8) is 0 Å². The molecule has 2 nitrogen and oxygen atoms in total. The lowest BCUT2D eigenvalue weighted by Gasteiger charge is -2.06. The van der Waals surface area contributed by atoms with Crippen LogP contribution in [0.4, 0.5) is 0 Å². The number of alkyl halides is 1. The summed E-state index contributed by atoms with van der Waals surface area (Å²) in [7, 11) is 0. The van der Waals surface area contributed by atoms with E-state index in [2.05, 4.69) is 18.8 Å². The lowest BCUT2D eigenvalue weighted by molar-refractivity contribution is 0.266. The van der Waals surface area contributed by atoms with Gasteiger partial charge in [0.15, 0.2) is 0 Å². The fourth-order valence-electron chi connectivity index (χ4n) is 1.01. The molecule has 0 saturated heterocycles. The molecule has 1 N–H and O–H groups in total. The van der Waals surface area contributed by atoms with Crippen molar-refractivity contribution in [2.45, 2.75) is 51.1 Å². The second-order valence-electron chi connectivity index (χ2n) is 2.85. The van der Waals surface area contributed by atoms with Crippen LogP contribution >= 0.6 is 11.6 Å². The van der Waals surface area contributed by atoms with Crippen molar-refractivity contribution < 1.29 is 5.11 Å². The monoisotopic (exact) mass is 191 g/mol. The maximum Gasteiger partial charge on any atom is 0.132 e. The van der Waals surface area contributed by atoms with E-state index in [1.54, 1.807) is 6.21 Å². The van der Waals surface area contributed by atoms with Crippen LogP contribution < -0.4 is 0 Å². The lowest BCUT2D eigenvalue weighted by Crippen LogP contribution is -2.03. The molecule has 0 aromatic rings. The maximum absolute atomic E-state index is 8.74. The average Bonchev–Trinajstić information content (AvgIpc) is 2.02. The fraction of sp³-hybridized carbons (Fsp3) is 0.889. The zero-order valence-corrected chi connectivity index (χ0v) is 8.59. The largest absolute Gasteiger partial charge is 0.377 e. The lowest BCUT2D eigenvalue weighted by atomic mass is 10.1. The Bertz CT molecular complexity index is 126. The Hall–Kier alpha value is -0.0800. The molecule has 72 valence electrons. The molecule has 0 spiro atoms. The van der Waals surface area contributed by atoms with E-state index in [4.69, 9.17) is 16.7 Å². The Morgan fingerprint density at radius 1 is 1.50 bits per heavy atom. The molecule has 0 radical (unpaired) electrons. The highest BCUT2D eigenvalue weighted by Gasteiger charge is 2.00. The molecule has 0 fully saturated rings. The summed E-state index contributed by atoms with van der Waals surface area (Å²) in [6.07, 6.45) is 5.50. The molecule has 0 rings (SSSR count). The number of rotatable bonds is 6. The minimum atomic E-state index is -0.784. The Morgan fingerprint density at radius 3 is 2.58 bits per heavy atom. The van der Waals surface area contributed by atoms with Crippen molar-refractivity contribution in [2.75, 3.05) is 0 Å². The maximum atomic E-state index is 8.74. The molecule has 0 aromatic heterocycles. The molecule has 0 aliphatic carbocycles. The van der Waals surface area contributed by atoms with E-state index in [0.717, 1.165) is 19.3 Å². The Morgan fingerprint density at radius 2 is 2.17 bits per heavy atom. The molecule has 2 atom stereocenters. The van der Waals surface area contributed by atoms with Crippen molar-refractivity contribution >= 4 is 17.8 Å². The fourth-order valence-corrected chi connectivity index (χ4v) is 1.09. The number of nitrogens with zero attached hydrogens (tertiary/aromatic N) is 1. The van der Waals surface area contributed by atoms with Crippen LogP contribution in [0.25, 0.3) is 0 Å². The second-order valence-corrected chi connectivity index (χ2v) is 3.36. The zero-order valence-electron chi connectivity index (χ0n) is 7.83. The van der Waals surface area contributed by atoms with Crippen molar-refractivity contribution in [1.29, 1.82) is 0 Å². The first kappa shape index (κ1) is 11.9. The van der Waals surface area contributed by atoms with Crippen molar-refractivity contribution in [3.8, 4) is 0 Å². The van der Waals surface area contributed by atoms with E-state index in [-0.39, 0.29) is 0 Å². The van der Waals surface area contributed by atoms with Crippen LogP contribution in [0.1, 0.15) is 39.5 Å². The molecule has 0 aliphatic heterocycles. The summed E-state index contributed by atoms with van der Waals surface area (Å²) in [6, 6.07) is 0.408. The predicted octanol–water partition coefficient (Wildman–Crippen LogP) is 2.58. The molecule has 3 heteroatoms. The van der Waals surface area contributed by atoms with Crippen LogP contribution in [0.15, 0.2) is 4.99 Å². The van der Waals surface area contributed by atoms with Crippen LogP contribution in [-0.2, 0) is 0 Å². The molecule has 0 saturated carbocycles. The number of aliphatic hydroxyl groups excluding tert-OH is 1. The normalized spacial score (nSPS) is 16.7. The van der Waals surface area contributed by atoms with E-state index in [9.17, 15) is 0 Å². The highest BCUT2D eigenvalue weighted by Crippen LogP contribution is 2.05. The van der Waals surface area contributed by atoms with Crippen molar-refractivity contribution in [1.82, 2.24) is 0 Å². The minimum Gasteiger partial charge on any atom is -0.377 e. The van der Waals surface area contributed by atoms with Crippen molar-refractivity contribution in [2.24, 2.45) is 4.99 Å². The summed E-state index contributed by atoms with van der Waals surface area (Å²) < 4.78 is 0. The summed E-state index contributed by atoms with van der Waals surface area (Å²) in [5.74, 6) is 0. The van der Waals surface area contributed by atoms with Crippen LogP contribution in [0.2, 0.25) is 0 Å². The van der Waals surface area contributed by atoms with Crippen LogP contribution in [0.3, 0.4) is 0 Å². The van der Waals surface area contributed by atoms with Gasteiger partial charge in [-0.25, -0.2) is 0 Å². The molecule has 0 aromatic carbocycles. The van der Waals surface area contributed by atoms with Gasteiger partial charge in [-0.3, -0.25) is 4.99 Å². The third-order valence-electron chi connectivity index (χ3n) is 1.71. The van der Waals surface area contributed by atoms with Crippen molar-refractivity contribution in [3.05, 3.63) is 0 Å². The molecular weight excluding hydrogens is 174 g/mol. The third kappa shape index (κ3) is 6.62. The zero-order chi connectivity index (χ0) is 9.40. The summed E-state index contributed by atoms with van der Waals surface area (Å²) in [6.45, 7) is 4.27. The van der Waals surface area contributed by atoms with E-state index in [1.807, 2.05) is 0 Å².